The molecule has 150 valence electrons. The van der Waals surface area contributed by atoms with E-state index in [0.717, 1.165) is 29.4 Å². The average Bonchev–Trinajstić information content (AvgIpc) is 3.32. The largest absolute Gasteiger partial charge is 0.454 e. The van der Waals surface area contributed by atoms with Gasteiger partial charge in [0, 0.05) is 22.2 Å². The van der Waals surface area contributed by atoms with Crippen molar-refractivity contribution in [3.63, 3.8) is 0 Å². The summed E-state index contributed by atoms with van der Waals surface area (Å²) in [6.07, 6.45) is 2.02. The van der Waals surface area contributed by atoms with Crippen molar-refractivity contribution in [2.75, 3.05) is 0 Å². The number of fused-ring (bicyclic) bond motifs is 1. The molecule has 1 aliphatic rings. The van der Waals surface area contributed by atoms with Crippen LogP contribution in [-0.2, 0) is 14.9 Å². The van der Waals surface area contributed by atoms with E-state index in [4.69, 9.17) is 4.74 Å². The average molecular weight is 393 g/mol. The number of ether oxygens (including phenoxy) is 1. The number of nitrogens with one attached hydrogen (secondary N) is 1. The molecule has 29 heavy (non-hydrogen) atoms. The lowest BCUT2D eigenvalue weighted by atomic mass is 9.79. The van der Waals surface area contributed by atoms with E-state index in [0.29, 0.717) is 24.0 Å². The minimum absolute atomic E-state index is 0.235. The van der Waals surface area contributed by atoms with Gasteiger partial charge in [-0.25, -0.2) is 4.39 Å². The van der Waals surface area contributed by atoms with Crippen LogP contribution in [0.2, 0.25) is 0 Å². The number of rotatable bonds is 5. The van der Waals surface area contributed by atoms with E-state index in [1.54, 1.807) is 19.1 Å². The van der Waals surface area contributed by atoms with Crippen molar-refractivity contribution in [1.29, 1.82) is 0 Å². The number of aryl methyl sites for hydroxylation is 1. The zero-order valence-corrected chi connectivity index (χ0v) is 16.6. The van der Waals surface area contributed by atoms with Crippen molar-refractivity contribution in [2.45, 2.75) is 51.0 Å². The van der Waals surface area contributed by atoms with E-state index in [1.807, 2.05) is 31.2 Å². The van der Waals surface area contributed by atoms with Gasteiger partial charge in [0.15, 0.2) is 6.10 Å². The molecule has 1 aromatic heterocycles. The molecule has 1 N–H and O–H groups in total. The Labute approximate surface area is 169 Å². The van der Waals surface area contributed by atoms with E-state index < -0.39 is 17.5 Å². The molecule has 1 saturated carbocycles. The number of para-hydroxylation sites is 1. The van der Waals surface area contributed by atoms with E-state index in [-0.39, 0.29) is 11.6 Å². The number of H-pyrrole nitrogens is 1. The number of aromatic amines is 1. The molecule has 1 atom stereocenters. The fourth-order valence-electron chi connectivity index (χ4n) is 4.50. The Morgan fingerprint density at radius 2 is 1.83 bits per heavy atom. The van der Waals surface area contributed by atoms with Gasteiger partial charge in [-0.3, -0.25) is 9.59 Å². The minimum atomic E-state index is -0.925. The Morgan fingerprint density at radius 1 is 1.10 bits per heavy atom. The smallest absolute Gasteiger partial charge is 0.317 e. The molecule has 0 amide bonds. The van der Waals surface area contributed by atoms with Crippen LogP contribution in [0.5, 0.6) is 0 Å². The van der Waals surface area contributed by atoms with E-state index >= 15 is 0 Å². The molecule has 0 saturated heterocycles. The molecule has 0 unspecified atom stereocenters. The maximum absolute atomic E-state index is 13.8. The van der Waals surface area contributed by atoms with Crippen molar-refractivity contribution in [3.05, 3.63) is 71.2 Å². The maximum atomic E-state index is 13.8. The van der Waals surface area contributed by atoms with Crippen LogP contribution in [0.3, 0.4) is 0 Å². The Bertz CT molecular complexity index is 1080. The number of hydrogen-bond donors (Lipinski definition) is 1. The van der Waals surface area contributed by atoms with E-state index in [9.17, 15) is 14.0 Å². The summed E-state index contributed by atoms with van der Waals surface area (Å²) in [7, 11) is 0. The van der Waals surface area contributed by atoms with Gasteiger partial charge in [-0.1, -0.05) is 43.2 Å². The highest BCUT2D eigenvalue weighted by atomic mass is 19.1. The standard InChI is InChI=1S/C24H24FNO3/c1-15-21(19-10-3-4-11-20(19)26-15)22(27)16(2)29-23(28)24(12-5-6-13-24)17-8-7-9-18(25)14-17/h3-4,7-11,14,16,26H,5-6,12-13H2,1-2H3/t16-/m1/s1. The SMILES string of the molecule is Cc1[nH]c2ccccc2c1C(=O)[C@@H](C)OC(=O)C1(c2cccc(F)c2)CCCC1. The van der Waals surface area contributed by atoms with Gasteiger partial charge in [-0.15, -0.1) is 0 Å². The first kappa shape index (κ1) is 19.4. The zero-order chi connectivity index (χ0) is 20.6. The van der Waals surface area contributed by atoms with Gasteiger partial charge in [0.1, 0.15) is 5.82 Å². The molecule has 1 fully saturated rings. The second kappa shape index (κ2) is 7.47. The summed E-state index contributed by atoms with van der Waals surface area (Å²) in [6.45, 7) is 3.45. The second-order valence-corrected chi connectivity index (χ2v) is 7.88. The molecule has 0 aliphatic heterocycles. The number of hydrogen-bond acceptors (Lipinski definition) is 3. The fourth-order valence-corrected chi connectivity index (χ4v) is 4.50. The zero-order valence-electron chi connectivity index (χ0n) is 16.6. The molecule has 3 aromatic rings. The summed E-state index contributed by atoms with van der Waals surface area (Å²) in [4.78, 5) is 29.5. The first-order chi connectivity index (χ1) is 13.9. The Morgan fingerprint density at radius 3 is 2.55 bits per heavy atom. The van der Waals surface area contributed by atoms with Crippen LogP contribution in [0.15, 0.2) is 48.5 Å². The Balaban J connectivity index is 1.61. The van der Waals surface area contributed by atoms with Gasteiger partial charge in [-0.05, 0) is 50.5 Å². The summed E-state index contributed by atoms with van der Waals surface area (Å²) in [6, 6.07) is 13.7. The van der Waals surface area contributed by atoms with Crippen LogP contribution in [-0.4, -0.2) is 22.8 Å². The van der Waals surface area contributed by atoms with Crippen LogP contribution in [0.1, 0.15) is 54.2 Å². The number of ketones is 1. The molecular weight excluding hydrogens is 369 g/mol. The summed E-state index contributed by atoms with van der Waals surface area (Å²) >= 11 is 0. The molecular formula is C24H24FNO3. The third kappa shape index (κ3) is 3.35. The molecule has 0 spiro atoms. The van der Waals surface area contributed by atoms with Crippen LogP contribution < -0.4 is 0 Å². The molecule has 4 rings (SSSR count). The molecule has 4 nitrogen and oxygen atoms in total. The molecule has 2 aromatic carbocycles. The third-order valence-electron chi connectivity index (χ3n) is 6.02. The highest BCUT2D eigenvalue weighted by molar-refractivity contribution is 6.11. The molecule has 0 bridgehead atoms. The highest BCUT2D eigenvalue weighted by Crippen LogP contribution is 2.42. The summed E-state index contributed by atoms with van der Waals surface area (Å²) in [5, 5.41) is 0.818. The first-order valence-electron chi connectivity index (χ1n) is 10.0. The first-order valence-corrected chi connectivity index (χ1v) is 10.0. The number of carbonyl (C=O) groups excluding carboxylic acids is 2. The van der Waals surface area contributed by atoms with Gasteiger partial charge in [0.25, 0.3) is 0 Å². The Kier molecular flexibility index (Phi) is 4.99. The number of benzene rings is 2. The summed E-state index contributed by atoms with van der Waals surface area (Å²) in [5.74, 6) is -1.06. The number of esters is 1. The van der Waals surface area contributed by atoms with Crippen molar-refractivity contribution in [3.8, 4) is 0 Å². The Hall–Kier alpha value is -2.95. The number of carbonyl (C=O) groups is 2. The lowest BCUT2D eigenvalue weighted by molar-refractivity contribution is -0.153. The number of aromatic nitrogens is 1. The van der Waals surface area contributed by atoms with Gasteiger partial charge >= 0.3 is 5.97 Å². The predicted octanol–water partition coefficient (Wildman–Crippen LogP) is 5.24. The van der Waals surface area contributed by atoms with Crippen LogP contribution in [0.25, 0.3) is 10.9 Å². The van der Waals surface area contributed by atoms with Crippen LogP contribution in [0, 0.1) is 12.7 Å². The molecule has 5 heteroatoms. The van der Waals surface area contributed by atoms with E-state index in [2.05, 4.69) is 4.98 Å². The molecule has 1 heterocycles. The number of halogens is 1. The van der Waals surface area contributed by atoms with Gasteiger partial charge in [0.05, 0.1) is 5.41 Å². The third-order valence-corrected chi connectivity index (χ3v) is 6.02. The molecule has 0 radical (unpaired) electrons. The highest BCUT2D eigenvalue weighted by Gasteiger charge is 2.45. The van der Waals surface area contributed by atoms with Crippen molar-refractivity contribution in [2.24, 2.45) is 0 Å². The van der Waals surface area contributed by atoms with Crippen molar-refractivity contribution < 1.29 is 18.7 Å². The van der Waals surface area contributed by atoms with Gasteiger partial charge < -0.3 is 9.72 Å². The van der Waals surface area contributed by atoms with Crippen molar-refractivity contribution in [1.82, 2.24) is 4.98 Å². The van der Waals surface area contributed by atoms with Gasteiger partial charge in [-0.2, -0.15) is 0 Å². The van der Waals surface area contributed by atoms with Gasteiger partial charge in [0.2, 0.25) is 5.78 Å². The van der Waals surface area contributed by atoms with Crippen LogP contribution >= 0.6 is 0 Å². The minimum Gasteiger partial charge on any atom is -0.454 e. The van der Waals surface area contributed by atoms with E-state index in [1.165, 1.54) is 12.1 Å². The summed E-state index contributed by atoms with van der Waals surface area (Å²) < 4.78 is 19.5. The maximum Gasteiger partial charge on any atom is 0.317 e. The lowest BCUT2D eigenvalue weighted by Gasteiger charge is -2.28. The normalized spacial score (nSPS) is 16.7. The summed E-state index contributed by atoms with van der Waals surface area (Å²) in [5.41, 5.74) is 1.92. The lowest BCUT2D eigenvalue weighted by Crippen LogP contribution is -2.38. The fraction of sp³-hybridized carbons (Fsp3) is 0.333. The predicted molar refractivity (Wildman–Crippen MR) is 109 cm³/mol. The second-order valence-electron chi connectivity index (χ2n) is 7.88. The monoisotopic (exact) mass is 393 g/mol. The van der Waals surface area contributed by atoms with Crippen LogP contribution in [0.4, 0.5) is 4.39 Å². The van der Waals surface area contributed by atoms with Crippen molar-refractivity contribution >= 4 is 22.7 Å². The quantitative estimate of drug-likeness (QED) is 0.476. The molecule has 1 aliphatic carbocycles. The number of Topliss-reactive ketones (excluding diaryl/α,β-unsaturated/α-hetero) is 1. The topological polar surface area (TPSA) is 59.2 Å².